The van der Waals surface area contributed by atoms with Gasteiger partial charge in [0.2, 0.25) is 0 Å². The van der Waals surface area contributed by atoms with Crippen LogP contribution in [-0.4, -0.2) is 19.2 Å². The van der Waals surface area contributed by atoms with Crippen LogP contribution in [0.3, 0.4) is 0 Å². The van der Waals surface area contributed by atoms with Crippen molar-refractivity contribution in [1.29, 1.82) is 0 Å². The number of benzene rings is 2. The van der Waals surface area contributed by atoms with Gasteiger partial charge in [0.25, 0.3) is 0 Å². The van der Waals surface area contributed by atoms with E-state index >= 15 is 0 Å². The molecule has 0 aliphatic carbocycles. The van der Waals surface area contributed by atoms with E-state index in [0.29, 0.717) is 25.7 Å². The fourth-order valence-corrected chi connectivity index (χ4v) is 2.87. The van der Waals surface area contributed by atoms with Crippen LogP contribution in [0.4, 0.5) is 4.79 Å². The lowest BCUT2D eigenvalue weighted by atomic mass is 9.96. The highest BCUT2D eigenvalue weighted by atomic mass is 16.6. The highest BCUT2D eigenvalue weighted by molar-refractivity contribution is 5.74. The van der Waals surface area contributed by atoms with Crippen LogP contribution in [0, 0.1) is 5.92 Å². The first-order valence-electron chi connectivity index (χ1n) is 8.61. The topological polar surface area (TPSA) is 59.6 Å². The molecule has 0 saturated heterocycles. The molecule has 0 fully saturated rings. The van der Waals surface area contributed by atoms with Crippen LogP contribution in [0.25, 0.3) is 0 Å². The minimum Gasteiger partial charge on any atom is -0.486 e. The fraction of sp³-hybridized carbons (Fsp3) is 0.350. The smallest absolute Gasteiger partial charge is 0.315 e. The van der Waals surface area contributed by atoms with Gasteiger partial charge in [-0.1, -0.05) is 50.2 Å². The molecule has 0 radical (unpaired) electrons. The lowest BCUT2D eigenvalue weighted by Gasteiger charge is -2.23. The average molecular weight is 340 g/mol. The van der Waals surface area contributed by atoms with Crippen LogP contribution >= 0.6 is 0 Å². The van der Waals surface area contributed by atoms with E-state index in [0.717, 1.165) is 22.6 Å². The van der Waals surface area contributed by atoms with Crippen molar-refractivity contribution >= 4 is 6.03 Å². The van der Waals surface area contributed by atoms with Gasteiger partial charge in [-0.25, -0.2) is 4.79 Å². The number of hydrogen-bond acceptors (Lipinski definition) is 3. The van der Waals surface area contributed by atoms with Crippen molar-refractivity contribution in [1.82, 2.24) is 10.6 Å². The zero-order chi connectivity index (χ0) is 17.6. The highest BCUT2D eigenvalue weighted by Gasteiger charge is 2.18. The second-order valence-corrected chi connectivity index (χ2v) is 6.44. The summed E-state index contributed by atoms with van der Waals surface area (Å²) in [4.78, 5) is 12.3. The van der Waals surface area contributed by atoms with Gasteiger partial charge >= 0.3 is 6.03 Å². The van der Waals surface area contributed by atoms with Gasteiger partial charge < -0.3 is 20.1 Å². The van der Waals surface area contributed by atoms with Gasteiger partial charge in [-0.15, -0.1) is 0 Å². The Hall–Kier alpha value is -2.69. The van der Waals surface area contributed by atoms with E-state index < -0.39 is 0 Å². The molecule has 0 aromatic heterocycles. The molecule has 0 spiro atoms. The number of carbonyl (C=O) groups excluding carboxylic acids is 1. The molecule has 2 aromatic carbocycles. The third kappa shape index (κ3) is 4.44. The second-order valence-electron chi connectivity index (χ2n) is 6.44. The molecule has 5 nitrogen and oxygen atoms in total. The fourth-order valence-electron chi connectivity index (χ4n) is 2.87. The molecule has 2 N–H and O–H groups in total. The van der Waals surface area contributed by atoms with Crippen molar-refractivity contribution in [2.75, 3.05) is 13.2 Å². The number of hydrogen-bond donors (Lipinski definition) is 2. The Bertz CT molecular complexity index is 716. The van der Waals surface area contributed by atoms with E-state index in [2.05, 4.69) is 24.5 Å². The van der Waals surface area contributed by atoms with Crippen LogP contribution < -0.4 is 20.1 Å². The Morgan fingerprint density at radius 1 is 1.04 bits per heavy atom. The van der Waals surface area contributed by atoms with E-state index in [-0.39, 0.29) is 12.1 Å². The molecule has 5 heteroatoms. The maximum Gasteiger partial charge on any atom is 0.315 e. The number of ether oxygens (including phenoxy) is 2. The van der Waals surface area contributed by atoms with E-state index in [1.165, 1.54) is 0 Å². The predicted octanol–water partition coefficient (Wildman–Crippen LogP) is 3.65. The Labute approximate surface area is 148 Å². The number of urea groups is 1. The van der Waals surface area contributed by atoms with Crippen LogP contribution in [0.2, 0.25) is 0 Å². The summed E-state index contributed by atoms with van der Waals surface area (Å²) in [6.07, 6.45) is 0. The van der Waals surface area contributed by atoms with Gasteiger partial charge in [0.15, 0.2) is 11.5 Å². The third-order valence-electron chi connectivity index (χ3n) is 4.17. The summed E-state index contributed by atoms with van der Waals surface area (Å²) in [5.74, 6) is 1.78. The number of fused-ring (bicyclic) bond motifs is 1. The van der Waals surface area contributed by atoms with Gasteiger partial charge in [-0.3, -0.25) is 0 Å². The summed E-state index contributed by atoms with van der Waals surface area (Å²) in [7, 11) is 0. The molecule has 0 saturated carbocycles. The van der Waals surface area contributed by atoms with Crippen molar-refractivity contribution in [2.45, 2.75) is 26.4 Å². The molecule has 25 heavy (non-hydrogen) atoms. The van der Waals surface area contributed by atoms with Crippen molar-refractivity contribution in [3.8, 4) is 11.5 Å². The maximum atomic E-state index is 12.3. The molecule has 2 amide bonds. The minimum atomic E-state index is -0.183. The highest BCUT2D eigenvalue weighted by Crippen LogP contribution is 2.30. The van der Waals surface area contributed by atoms with E-state index in [1.54, 1.807) is 0 Å². The monoisotopic (exact) mass is 340 g/mol. The standard InChI is InChI=1S/C20H24N2O3/c1-14(2)19(16-6-4-3-5-7-16)22-20(23)21-13-15-8-9-17-18(12-15)25-11-10-24-17/h3-9,12,14,19H,10-11,13H2,1-2H3,(H2,21,22,23)/t19-/m1/s1. The van der Waals surface area contributed by atoms with Crippen molar-refractivity contribution in [3.63, 3.8) is 0 Å². The number of rotatable bonds is 5. The van der Waals surface area contributed by atoms with Crippen molar-refractivity contribution in [3.05, 3.63) is 59.7 Å². The van der Waals surface area contributed by atoms with E-state index in [9.17, 15) is 4.79 Å². The molecule has 0 unspecified atom stereocenters. The molecule has 0 bridgehead atoms. The average Bonchev–Trinajstić information content (AvgIpc) is 2.64. The van der Waals surface area contributed by atoms with E-state index in [1.807, 2.05) is 48.5 Å². The summed E-state index contributed by atoms with van der Waals surface area (Å²) < 4.78 is 11.1. The van der Waals surface area contributed by atoms with Gasteiger partial charge in [-0.2, -0.15) is 0 Å². The van der Waals surface area contributed by atoms with Gasteiger partial charge in [-0.05, 0) is 29.2 Å². The first kappa shape index (κ1) is 17.1. The summed E-state index contributed by atoms with van der Waals surface area (Å²) >= 11 is 0. The zero-order valence-electron chi connectivity index (χ0n) is 14.6. The maximum absolute atomic E-state index is 12.3. The van der Waals surface area contributed by atoms with Crippen molar-refractivity contribution < 1.29 is 14.3 Å². The Morgan fingerprint density at radius 3 is 2.48 bits per heavy atom. The van der Waals surface area contributed by atoms with E-state index in [4.69, 9.17) is 9.47 Å². The number of amides is 2. The second kappa shape index (κ2) is 7.92. The zero-order valence-corrected chi connectivity index (χ0v) is 14.6. The summed E-state index contributed by atoms with van der Waals surface area (Å²) in [6.45, 7) is 5.75. The molecule has 132 valence electrons. The van der Waals surface area contributed by atoms with Crippen LogP contribution in [-0.2, 0) is 6.54 Å². The van der Waals surface area contributed by atoms with Gasteiger partial charge in [0.1, 0.15) is 13.2 Å². The van der Waals surface area contributed by atoms with Crippen LogP contribution in [0.5, 0.6) is 11.5 Å². The van der Waals surface area contributed by atoms with Crippen LogP contribution in [0.1, 0.15) is 31.0 Å². The third-order valence-corrected chi connectivity index (χ3v) is 4.17. The molecule has 1 heterocycles. The largest absolute Gasteiger partial charge is 0.486 e. The molecule has 1 aliphatic rings. The molecular formula is C20H24N2O3. The molecule has 1 atom stereocenters. The first-order valence-corrected chi connectivity index (χ1v) is 8.61. The number of nitrogens with one attached hydrogen (secondary N) is 2. The molecule has 1 aliphatic heterocycles. The lowest BCUT2D eigenvalue weighted by Crippen LogP contribution is -2.39. The Morgan fingerprint density at radius 2 is 1.76 bits per heavy atom. The first-order chi connectivity index (χ1) is 12.1. The molecule has 2 aromatic rings. The van der Waals surface area contributed by atoms with Crippen molar-refractivity contribution in [2.24, 2.45) is 5.92 Å². The minimum absolute atomic E-state index is 0.0264. The summed E-state index contributed by atoms with van der Waals surface area (Å²) in [5, 5.41) is 5.97. The molecule has 3 rings (SSSR count). The Balaban J connectivity index is 1.58. The van der Waals surface area contributed by atoms with Crippen LogP contribution in [0.15, 0.2) is 48.5 Å². The quantitative estimate of drug-likeness (QED) is 0.873. The van der Waals surface area contributed by atoms with Gasteiger partial charge in [0, 0.05) is 6.54 Å². The summed E-state index contributed by atoms with van der Waals surface area (Å²) in [5.41, 5.74) is 2.08. The predicted molar refractivity (Wildman–Crippen MR) is 96.8 cm³/mol. The number of carbonyl (C=O) groups is 1. The van der Waals surface area contributed by atoms with Gasteiger partial charge in [0.05, 0.1) is 6.04 Å². The molecular weight excluding hydrogens is 316 g/mol. The summed E-state index contributed by atoms with van der Waals surface area (Å²) in [6, 6.07) is 15.5. The SMILES string of the molecule is CC(C)[C@@H](NC(=O)NCc1ccc2c(c1)OCCO2)c1ccccc1. The normalized spacial score (nSPS) is 14.0. The lowest BCUT2D eigenvalue weighted by molar-refractivity contribution is 0.171. The Kier molecular flexibility index (Phi) is 5.43.